The molecule has 2 aliphatic rings. The number of nitrogens with zero attached hydrogens (tertiary/aromatic N) is 2. The second kappa shape index (κ2) is 9.10. The summed E-state index contributed by atoms with van der Waals surface area (Å²) >= 11 is 0. The van der Waals surface area contributed by atoms with Crippen LogP contribution in [0.25, 0.3) is 0 Å². The van der Waals surface area contributed by atoms with Gasteiger partial charge in [0.05, 0.1) is 18.7 Å². The average molecular weight is 422 g/mol. The van der Waals surface area contributed by atoms with Crippen LogP contribution in [0, 0.1) is 6.92 Å². The van der Waals surface area contributed by atoms with E-state index >= 15 is 0 Å². The molecule has 1 fully saturated rings. The van der Waals surface area contributed by atoms with Crippen molar-refractivity contribution in [2.75, 3.05) is 39.8 Å². The Balaban J connectivity index is 1.48. The fourth-order valence-corrected chi connectivity index (χ4v) is 4.39. The van der Waals surface area contributed by atoms with Crippen LogP contribution in [0.5, 0.6) is 5.75 Å². The Morgan fingerprint density at radius 2 is 1.87 bits per heavy atom. The molecule has 31 heavy (non-hydrogen) atoms. The minimum absolute atomic E-state index is 0.0436. The Labute approximate surface area is 184 Å². The summed E-state index contributed by atoms with van der Waals surface area (Å²) in [5, 5.41) is 2.97. The summed E-state index contributed by atoms with van der Waals surface area (Å²) in [6, 6.07) is 15.8. The van der Waals surface area contributed by atoms with Crippen molar-refractivity contribution >= 4 is 11.8 Å². The van der Waals surface area contributed by atoms with Crippen molar-refractivity contribution in [3.63, 3.8) is 0 Å². The molecule has 0 bridgehead atoms. The lowest BCUT2D eigenvalue weighted by atomic mass is 9.90. The molecular formula is C25H31N3O3. The van der Waals surface area contributed by atoms with Crippen LogP contribution in [0.2, 0.25) is 0 Å². The molecule has 1 saturated heterocycles. The van der Waals surface area contributed by atoms with Crippen LogP contribution in [-0.2, 0) is 11.2 Å². The van der Waals surface area contributed by atoms with Gasteiger partial charge in [-0.2, -0.15) is 0 Å². The van der Waals surface area contributed by atoms with Crippen LogP contribution in [0.4, 0.5) is 0 Å². The van der Waals surface area contributed by atoms with Gasteiger partial charge in [0, 0.05) is 32.5 Å². The minimum atomic E-state index is -0.451. The van der Waals surface area contributed by atoms with Gasteiger partial charge in [-0.3, -0.25) is 9.59 Å². The molecule has 0 atom stereocenters. The van der Waals surface area contributed by atoms with Gasteiger partial charge in [-0.05, 0) is 38.1 Å². The van der Waals surface area contributed by atoms with E-state index in [0.717, 1.165) is 37.9 Å². The van der Waals surface area contributed by atoms with Crippen LogP contribution in [-0.4, -0.2) is 67.0 Å². The van der Waals surface area contributed by atoms with Crippen LogP contribution in [0.15, 0.2) is 48.5 Å². The molecule has 1 N–H and O–H groups in total. The largest absolute Gasteiger partial charge is 0.484 e. The molecule has 0 aromatic heterocycles. The number of nitrogens with one attached hydrogen (secondary N) is 1. The van der Waals surface area contributed by atoms with Crippen molar-refractivity contribution in [3.8, 4) is 5.75 Å². The summed E-state index contributed by atoms with van der Waals surface area (Å²) in [4.78, 5) is 30.0. The highest BCUT2D eigenvalue weighted by atomic mass is 16.5. The van der Waals surface area contributed by atoms with Gasteiger partial charge < -0.3 is 19.9 Å². The zero-order valence-corrected chi connectivity index (χ0v) is 18.4. The van der Waals surface area contributed by atoms with E-state index in [9.17, 15) is 9.59 Å². The van der Waals surface area contributed by atoms with E-state index in [2.05, 4.69) is 17.3 Å². The maximum Gasteiger partial charge on any atom is 0.258 e. The highest BCUT2D eigenvalue weighted by Crippen LogP contribution is 2.35. The van der Waals surface area contributed by atoms with E-state index < -0.39 is 5.60 Å². The average Bonchev–Trinajstić information content (AvgIpc) is 2.87. The van der Waals surface area contributed by atoms with Gasteiger partial charge in [0.25, 0.3) is 5.91 Å². The summed E-state index contributed by atoms with van der Waals surface area (Å²) in [7, 11) is 2.10. The van der Waals surface area contributed by atoms with Crippen LogP contribution in [0.3, 0.4) is 0 Å². The number of piperidine rings is 1. The highest BCUT2D eigenvalue weighted by Gasteiger charge is 2.42. The van der Waals surface area contributed by atoms with Crippen molar-refractivity contribution in [3.05, 3.63) is 65.2 Å². The van der Waals surface area contributed by atoms with Crippen LogP contribution in [0.1, 0.15) is 34.3 Å². The SMILES string of the molecule is Cc1ccc2c(c1)C(=O)N(CC(=O)NCCc1ccccc1)CC1(CCN(C)CC1)O2. The Morgan fingerprint density at radius 3 is 2.61 bits per heavy atom. The molecule has 2 aromatic carbocycles. The van der Waals surface area contributed by atoms with Crippen molar-refractivity contribution in [1.29, 1.82) is 0 Å². The second-order valence-electron chi connectivity index (χ2n) is 8.83. The van der Waals surface area contributed by atoms with Gasteiger partial charge in [-0.25, -0.2) is 0 Å². The molecule has 2 aliphatic heterocycles. The lowest BCUT2D eigenvalue weighted by molar-refractivity contribution is -0.122. The van der Waals surface area contributed by atoms with Crippen LogP contribution >= 0.6 is 0 Å². The molecule has 4 rings (SSSR count). The third-order valence-corrected chi connectivity index (χ3v) is 6.27. The van der Waals surface area contributed by atoms with Crippen molar-refractivity contribution in [2.24, 2.45) is 0 Å². The van der Waals surface area contributed by atoms with Gasteiger partial charge in [-0.15, -0.1) is 0 Å². The first kappa shape index (κ1) is 21.4. The standard InChI is InChI=1S/C25H31N3O3/c1-19-8-9-22-21(16-19)24(30)28(18-25(31-22)11-14-27(2)15-12-25)17-23(29)26-13-10-20-6-4-3-5-7-20/h3-9,16H,10-15,17-18H2,1-2H3,(H,26,29). The molecule has 2 amide bonds. The third kappa shape index (κ3) is 5.07. The summed E-state index contributed by atoms with van der Waals surface area (Å²) in [6.07, 6.45) is 2.42. The molecule has 2 heterocycles. The molecule has 0 radical (unpaired) electrons. The van der Waals surface area contributed by atoms with Gasteiger partial charge in [0.2, 0.25) is 5.91 Å². The molecule has 0 saturated carbocycles. The monoisotopic (exact) mass is 421 g/mol. The summed E-state index contributed by atoms with van der Waals surface area (Å²) in [5.74, 6) is 0.364. The van der Waals surface area contributed by atoms with Gasteiger partial charge >= 0.3 is 0 Å². The minimum Gasteiger partial charge on any atom is -0.484 e. The topological polar surface area (TPSA) is 61.9 Å². The quantitative estimate of drug-likeness (QED) is 0.806. The highest BCUT2D eigenvalue weighted by molar-refractivity contribution is 5.99. The normalized spacial score (nSPS) is 18.3. The number of hydrogen-bond acceptors (Lipinski definition) is 4. The predicted molar refractivity (Wildman–Crippen MR) is 120 cm³/mol. The van der Waals surface area contributed by atoms with Crippen molar-refractivity contribution in [2.45, 2.75) is 31.8 Å². The molecule has 6 heteroatoms. The molecule has 0 unspecified atom stereocenters. The van der Waals surface area contributed by atoms with Crippen molar-refractivity contribution < 1.29 is 14.3 Å². The summed E-state index contributed by atoms with van der Waals surface area (Å²) in [5.41, 5.74) is 2.28. The third-order valence-electron chi connectivity index (χ3n) is 6.27. The number of ether oxygens (including phenoxy) is 1. The Morgan fingerprint density at radius 1 is 1.13 bits per heavy atom. The number of benzene rings is 2. The lowest BCUT2D eigenvalue weighted by Gasteiger charge is -2.41. The molecular weight excluding hydrogens is 390 g/mol. The summed E-state index contributed by atoms with van der Waals surface area (Å²) < 4.78 is 6.49. The molecule has 2 aromatic rings. The summed E-state index contributed by atoms with van der Waals surface area (Å²) in [6.45, 7) is 4.80. The molecule has 6 nitrogen and oxygen atoms in total. The molecule has 0 aliphatic carbocycles. The number of likely N-dealkylation sites (tertiary alicyclic amines) is 1. The Bertz CT molecular complexity index is 936. The van der Waals surface area contributed by atoms with E-state index in [1.54, 1.807) is 4.90 Å². The molecule has 1 spiro atoms. The van der Waals surface area contributed by atoms with Gasteiger partial charge in [0.15, 0.2) is 0 Å². The number of hydrogen-bond donors (Lipinski definition) is 1. The predicted octanol–water partition coefficient (Wildman–Crippen LogP) is 2.65. The van der Waals surface area contributed by atoms with Crippen molar-refractivity contribution in [1.82, 2.24) is 15.1 Å². The number of aryl methyl sites for hydroxylation is 1. The Kier molecular flexibility index (Phi) is 6.28. The van der Waals surface area contributed by atoms with Gasteiger partial charge in [0.1, 0.15) is 11.4 Å². The van der Waals surface area contributed by atoms with E-state index in [-0.39, 0.29) is 18.4 Å². The van der Waals surface area contributed by atoms with E-state index in [0.29, 0.717) is 24.4 Å². The van der Waals surface area contributed by atoms with E-state index in [1.807, 2.05) is 55.5 Å². The zero-order valence-electron chi connectivity index (χ0n) is 18.4. The maximum atomic E-state index is 13.4. The fraction of sp³-hybridized carbons (Fsp3) is 0.440. The number of fused-ring (bicyclic) bond motifs is 1. The van der Waals surface area contributed by atoms with Crippen LogP contribution < -0.4 is 10.1 Å². The first-order valence-electron chi connectivity index (χ1n) is 11.0. The maximum absolute atomic E-state index is 13.4. The van der Waals surface area contributed by atoms with E-state index in [4.69, 9.17) is 4.74 Å². The van der Waals surface area contributed by atoms with E-state index in [1.165, 1.54) is 5.56 Å². The first-order chi connectivity index (χ1) is 14.9. The smallest absolute Gasteiger partial charge is 0.258 e. The van der Waals surface area contributed by atoms with Gasteiger partial charge in [-0.1, -0.05) is 42.0 Å². The number of rotatable bonds is 5. The second-order valence-corrected chi connectivity index (χ2v) is 8.83. The number of carbonyl (C=O) groups excluding carboxylic acids is 2. The zero-order chi connectivity index (χ0) is 21.8. The Hall–Kier alpha value is -2.86. The number of amides is 2. The fourth-order valence-electron chi connectivity index (χ4n) is 4.39. The number of carbonyl (C=O) groups is 2. The molecule has 164 valence electrons. The first-order valence-corrected chi connectivity index (χ1v) is 11.0. The lowest BCUT2D eigenvalue weighted by Crippen LogP contribution is -2.54.